The van der Waals surface area contributed by atoms with Gasteiger partial charge in [0.15, 0.2) is 11.7 Å². The zero-order valence-electron chi connectivity index (χ0n) is 13.1. The lowest BCUT2D eigenvalue weighted by Crippen LogP contribution is -2.40. The Morgan fingerprint density at radius 2 is 1.96 bits per heavy atom. The van der Waals surface area contributed by atoms with Crippen LogP contribution in [0, 0.1) is 5.82 Å². The molecule has 4 rings (SSSR count). The number of nitrogens with zero attached hydrogens (tertiary/aromatic N) is 3. The predicted octanol–water partition coefficient (Wildman–Crippen LogP) is 4.87. The van der Waals surface area contributed by atoms with Crippen molar-refractivity contribution < 1.29 is 17.6 Å². The quantitative estimate of drug-likeness (QED) is 0.715. The Hall–Kier alpha value is -2.61. The van der Waals surface area contributed by atoms with E-state index in [0.717, 1.165) is 6.07 Å². The van der Waals surface area contributed by atoms with Crippen molar-refractivity contribution >= 4 is 40.3 Å². The summed E-state index contributed by atoms with van der Waals surface area (Å²) in [5.74, 6) is 0.368. The molecule has 0 saturated heterocycles. The Morgan fingerprint density at radius 1 is 1.15 bits per heavy atom. The number of alkyl halides is 3. The monoisotopic (exact) mass is 382 g/mol. The van der Waals surface area contributed by atoms with Crippen molar-refractivity contribution in [1.29, 1.82) is 0 Å². The molecule has 0 aliphatic carbocycles. The standard InChI is InChI=1S/C17H11ClF4N4/c18-11-8-9(4-5-10(11)17(20,21)22)24-15-16-23-6-7-26(16)14-12(19)2-1-3-13(14)25-15/h1-5,8H,6-7H2,(H,24,25). The number of benzene rings is 2. The second kappa shape index (κ2) is 5.98. The summed E-state index contributed by atoms with van der Waals surface area (Å²) >= 11 is 5.75. The summed E-state index contributed by atoms with van der Waals surface area (Å²) in [7, 11) is 0. The highest BCUT2D eigenvalue weighted by molar-refractivity contribution is 6.51. The van der Waals surface area contributed by atoms with Gasteiger partial charge >= 0.3 is 6.18 Å². The molecule has 26 heavy (non-hydrogen) atoms. The summed E-state index contributed by atoms with van der Waals surface area (Å²) in [6.45, 7) is 0.968. The van der Waals surface area contributed by atoms with E-state index in [1.165, 1.54) is 18.2 Å². The van der Waals surface area contributed by atoms with Crippen molar-refractivity contribution in [2.24, 2.45) is 9.98 Å². The molecule has 0 bridgehead atoms. The number of nitrogens with one attached hydrogen (secondary N) is 1. The topological polar surface area (TPSA) is 40.0 Å². The zero-order chi connectivity index (χ0) is 18.5. The van der Waals surface area contributed by atoms with Gasteiger partial charge in [-0.3, -0.25) is 4.99 Å². The minimum Gasteiger partial charge on any atom is -0.337 e. The molecule has 0 radical (unpaired) electrons. The molecule has 0 fully saturated rings. The Labute approximate surface area is 150 Å². The highest BCUT2D eigenvalue weighted by atomic mass is 35.5. The molecule has 0 spiro atoms. The number of para-hydroxylation sites is 1. The van der Waals surface area contributed by atoms with Gasteiger partial charge in [-0.15, -0.1) is 0 Å². The highest BCUT2D eigenvalue weighted by Gasteiger charge is 2.34. The van der Waals surface area contributed by atoms with E-state index in [4.69, 9.17) is 11.6 Å². The first-order chi connectivity index (χ1) is 12.3. The molecule has 2 heterocycles. The number of halogens is 5. The van der Waals surface area contributed by atoms with Crippen LogP contribution in [0.4, 0.5) is 34.6 Å². The third kappa shape index (κ3) is 2.80. The van der Waals surface area contributed by atoms with Crippen LogP contribution in [0.1, 0.15) is 5.56 Å². The molecule has 4 nitrogen and oxygen atoms in total. The van der Waals surface area contributed by atoms with Crippen LogP contribution in [0.25, 0.3) is 0 Å². The Morgan fingerprint density at radius 3 is 2.69 bits per heavy atom. The van der Waals surface area contributed by atoms with Crippen molar-refractivity contribution in [3.05, 3.63) is 52.8 Å². The average Bonchev–Trinajstić information content (AvgIpc) is 3.03. The first-order valence-corrected chi connectivity index (χ1v) is 8.06. The van der Waals surface area contributed by atoms with Crippen LogP contribution < -0.4 is 10.2 Å². The minimum absolute atomic E-state index is 0.330. The molecule has 0 saturated carbocycles. The second-order valence-electron chi connectivity index (χ2n) is 5.74. The maximum atomic E-state index is 14.2. The van der Waals surface area contributed by atoms with Gasteiger partial charge in [0.05, 0.1) is 22.8 Å². The van der Waals surface area contributed by atoms with E-state index in [2.05, 4.69) is 15.3 Å². The lowest BCUT2D eigenvalue weighted by molar-refractivity contribution is -0.137. The molecule has 0 unspecified atom stereocenters. The maximum absolute atomic E-state index is 14.2. The van der Waals surface area contributed by atoms with Gasteiger partial charge in [-0.05, 0) is 30.3 Å². The van der Waals surface area contributed by atoms with E-state index >= 15 is 0 Å². The number of hydrogen-bond donors (Lipinski definition) is 1. The number of aliphatic imine (C=N–C) groups is 2. The number of amidine groups is 2. The normalized spacial score (nSPS) is 16.0. The van der Waals surface area contributed by atoms with Crippen LogP contribution in [0.3, 0.4) is 0 Å². The third-order valence-electron chi connectivity index (χ3n) is 4.06. The fourth-order valence-electron chi connectivity index (χ4n) is 2.94. The van der Waals surface area contributed by atoms with Gasteiger partial charge in [-0.25, -0.2) is 9.38 Å². The van der Waals surface area contributed by atoms with Crippen molar-refractivity contribution in [3.63, 3.8) is 0 Å². The predicted molar refractivity (Wildman–Crippen MR) is 93.2 cm³/mol. The third-order valence-corrected chi connectivity index (χ3v) is 4.37. The molecule has 2 aromatic carbocycles. The lowest BCUT2D eigenvalue weighted by Gasteiger charge is -2.28. The van der Waals surface area contributed by atoms with E-state index in [0.29, 0.717) is 41.8 Å². The molecule has 1 N–H and O–H groups in total. The minimum atomic E-state index is -4.53. The summed E-state index contributed by atoms with van der Waals surface area (Å²) in [5.41, 5.74) is 0.185. The maximum Gasteiger partial charge on any atom is 0.417 e. The SMILES string of the molecule is Fc1cccc2c1N1CCN=C1C(Nc1ccc(C(F)(F)F)c(Cl)c1)=N2. The first-order valence-electron chi connectivity index (χ1n) is 7.68. The first kappa shape index (κ1) is 16.8. The molecule has 134 valence electrons. The van der Waals surface area contributed by atoms with Crippen LogP contribution in [-0.2, 0) is 6.18 Å². The Kier molecular flexibility index (Phi) is 3.87. The van der Waals surface area contributed by atoms with E-state index in [1.807, 2.05) is 0 Å². The number of anilines is 2. The molecule has 9 heteroatoms. The van der Waals surface area contributed by atoms with Crippen molar-refractivity contribution in [3.8, 4) is 0 Å². The largest absolute Gasteiger partial charge is 0.417 e. The Bertz CT molecular complexity index is 952. The van der Waals surface area contributed by atoms with Crippen molar-refractivity contribution in [1.82, 2.24) is 0 Å². The van der Waals surface area contributed by atoms with Crippen LogP contribution in [0.5, 0.6) is 0 Å². The molecular weight excluding hydrogens is 372 g/mol. The van der Waals surface area contributed by atoms with E-state index in [1.54, 1.807) is 17.0 Å². The summed E-state index contributed by atoms with van der Waals surface area (Å²) in [5, 5.41) is 2.51. The van der Waals surface area contributed by atoms with Gasteiger partial charge in [-0.2, -0.15) is 13.2 Å². The molecule has 0 aromatic heterocycles. The molecule has 2 aliphatic heterocycles. The molecule has 2 aromatic rings. The van der Waals surface area contributed by atoms with Crippen LogP contribution in [0.15, 0.2) is 46.4 Å². The summed E-state index contributed by atoms with van der Waals surface area (Å²) in [6, 6.07) is 7.89. The second-order valence-corrected chi connectivity index (χ2v) is 6.15. The van der Waals surface area contributed by atoms with Gasteiger partial charge in [-0.1, -0.05) is 17.7 Å². The Balaban J connectivity index is 1.71. The van der Waals surface area contributed by atoms with E-state index < -0.39 is 22.6 Å². The van der Waals surface area contributed by atoms with Crippen molar-refractivity contribution in [2.75, 3.05) is 23.3 Å². The number of hydrogen-bond acceptors (Lipinski definition) is 4. The van der Waals surface area contributed by atoms with E-state index in [-0.39, 0.29) is 0 Å². The zero-order valence-corrected chi connectivity index (χ0v) is 13.9. The fourth-order valence-corrected chi connectivity index (χ4v) is 3.23. The lowest BCUT2D eigenvalue weighted by atomic mass is 10.1. The van der Waals surface area contributed by atoms with Crippen molar-refractivity contribution in [2.45, 2.75) is 6.18 Å². The fraction of sp³-hybridized carbons (Fsp3) is 0.176. The van der Waals surface area contributed by atoms with Gasteiger partial charge < -0.3 is 10.2 Å². The number of rotatable bonds is 1. The molecule has 0 amide bonds. The smallest absolute Gasteiger partial charge is 0.337 e. The van der Waals surface area contributed by atoms with Gasteiger partial charge in [0.2, 0.25) is 0 Å². The number of fused-ring (bicyclic) bond motifs is 3. The van der Waals surface area contributed by atoms with Crippen LogP contribution >= 0.6 is 11.6 Å². The summed E-state index contributed by atoms with van der Waals surface area (Å²) in [4.78, 5) is 10.4. The van der Waals surface area contributed by atoms with Gasteiger partial charge in [0, 0.05) is 12.2 Å². The molecular formula is C17H11ClF4N4. The average molecular weight is 383 g/mol. The molecule has 0 atom stereocenters. The van der Waals surface area contributed by atoms with Crippen LogP contribution in [-0.4, -0.2) is 24.8 Å². The van der Waals surface area contributed by atoms with E-state index in [9.17, 15) is 17.6 Å². The molecule has 2 aliphatic rings. The summed E-state index contributed by atoms with van der Waals surface area (Å²) in [6.07, 6.45) is -4.53. The van der Waals surface area contributed by atoms with Gasteiger partial charge in [0.1, 0.15) is 11.5 Å². The summed E-state index contributed by atoms with van der Waals surface area (Å²) < 4.78 is 52.6. The van der Waals surface area contributed by atoms with Crippen LogP contribution in [0.2, 0.25) is 5.02 Å². The highest BCUT2D eigenvalue weighted by Crippen LogP contribution is 2.38. The van der Waals surface area contributed by atoms with Gasteiger partial charge in [0.25, 0.3) is 0 Å².